The smallest absolute Gasteiger partial charge is 0.160 e. The molecule has 0 spiro atoms. The molecule has 108 valence electrons. The van der Waals surface area contributed by atoms with Gasteiger partial charge in [0.1, 0.15) is 23.5 Å². The minimum absolute atomic E-state index is 0.248. The second-order valence-electron chi connectivity index (χ2n) is 5.14. The lowest BCUT2D eigenvalue weighted by Crippen LogP contribution is -2.01. The van der Waals surface area contributed by atoms with Gasteiger partial charge in [-0.25, -0.2) is 14.4 Å². The molecule has 3 aromatic heterocycles. The van der Waals surface area contributed by atoms with Crippen LogP contribution in [-0.2, 0) is 6.54 Å². The van der Waals surface area contributed by atoms with Gasteiger partial charge in [0.15, 0.2) is 5.82 Å². The van der Waals surface area contributed by atoms with Crippen LogP contribution in [0.15, 0.2) is 18.6 Å². The molecule has 7 nitrogen and oxygen atoms in total. The second-order valence-corrected chi connectivity index (χ2v) is 5.14. The van der Waals surface area contributed by atoms with Crippen molar-refractivity contribution in [2.45, 2.75) is 25.3 Å². The molecule has 21 heavy (non-hydrogen) atoms. The molecule has 1 fully saturated rings. The van der Waals surface area contributed by atoms with Crippen molar-refractivity contribution in [3.63, 3.8) is 0 Å². The standard InChI is InChI=1S/C13H14FN7/c14-3-4-21-7-9(5-16-21)17-13-11-10(6-15-20-11)18-12(19-13)8-1-2-8/h5-8H,1-4H2,(H,15,20)(H,17,18,19). The maximum atomic E-state index is 12.3. The van der Waals surface area contributed by atoms with Crippen LogP contribution in [0.25, 0.3) is 11.0 Å². The third kappa shape index (κ3) is 2.32. The van der Waals surface area contributed by atoms with Crippen LogP contribution in [0.2, 0.25) is 0 Å². The highest BCUT2D eigenvalue weighted by Gasteiger charge is 2.28. The van der Waals surface area contributed by atoms with E-state index in [1.807, 2.05) is 0 Å². The van der Waals surface area contributed by atoms with Gasteiger partial charge in [-0.2, -0.15) is 10.2 Å². The van der Waals surface area contributed by atoms with Gasteiger partial charge in [-0.1, -0.05) is 0 Å². The number of nitrogens with zero attached hydrogens (tertiary/aromatic N) is 5. The number of fused-ring (bicyclic) bond motifs is 1. The number of nitrogens with one attached hydrogen (secondary N) is 2. The minimum Gasteiger partial charge on any atom is -0.336 e. The van der Waals surface area contributed by atoms with Gasteiger partial charge in [0, 0.05) is 12.1 Å². The van der Waals surface area contributed by atoms with Gasteiger partial charge in [0.05, 0.1) is 24.6 Å². The normalized spacial score (nSPS) is 14.7. The summed E-state index contributed by atoms with van der Waals surface area (Å²) < 4.78 is 13.9. The van der Waals surface area contributed by atoms with Crippen LogP contribution in [-0.4, -0.2) is 36.6 Å². The summed E-state index contributed by atoms with van der Waals surface area (Å²) in [5, 5.41) is 14.2. The van der Waals surface area contributed by atoms with E-state index in [1.54, 1.807) is 23.3 Å². The molecule has 0 bridgehead atoms. The summed E-state index contributed by atoms with van der Waals surface area (Å²) in [5.74, 6) is 1.99. The van der Waals surface area contributed by atoms with Gasteiger partial charge in [-0.3, -0.25) is 9.78 Å². The predicted molar refractivity (Wildman–Crippen MR) is 75.1 cm³/mol. The lowest BCUT2D eigenvalue weighted by atomic mass is 10.3. The molecule has 0 amide bonds. The third-order valence-corrected chi connectivity index (χ3v) is 3.47. The molecule has 0 aromatic carbocycles. The number of anilines is 2. The highest BCUT2D eigenvalue weighted by Crippen LogP contribution is 2.39. The fourth-order valence-corrected chi connectivity index (χ4v) is 2.25. The number of H-pyrrole nitrogens is 1. The Balaban J connectivity index is 1.69. The first-order valence-electron chi connectivity index (χ1n) is 6.90. The molecular formula is C13H14FN7. The van der Waals surface area contributed by atoms with Gasteiger partial charge in [-0.15, -0.1) is 0 Å². The summed E-state index contributed by atoms with van der Waals surface area (Å²) in [4.78, 5) is 9.10. The lowest BCUT2D eigenvalue weighted by Gasteiger charge is -2.06. The van der Waals surface area contributed by atoms with Crippen LogP contribution < -0.4 is 5.32 Å². The predicted octanol–water partition coefficient (Wildman–Crippen LogP) is 2.14. The Kier molecular flexibility index (Phi) is 2.80. The molecule has 1 aliphatic rings. The molecule has 0 radical (unpaired) electrons. The van der Waals surface area contributed by atoms with E-state index in [1.165, 1.54) is 0 Å². The van der Waals surface area contributed by atoms with Crippen molar-refractivity contribution < 1.29 is 4.39 Å². The minimum atomic E-state index is -0.439. The number of hydrogen-bond donors (Lipinski definition) is 2. The van der Waals surface area contributed by atoms with E-state index in [2.05, 4.69) is 30.6 Å². The molecular weight excluding hydrogens is 273 g/mol. The SMILES string of the molecule is FCCn1cc(Nc2nc(C3CC3)nc3cn[nH]c23)cn1. The molecule has 0 unspecified atom stereocenters. The second kappa shape index (κ2) is 4.80. The Morgan fingerprint density at radius 1 is 1.33 bits per heavy atom. The number of rotatable bonds is 5. The molecule has 4 rings (SSSR count). The van der Waals surface area contributed by atoms with Crippen LogP contribution >= 0.6 is 0 Å². The summed E-state index contributed by atoms with van der Waals surface area (Å²) in [6.07, 6.45) is 7.37. The molecule has 0 aliphatic heterocycles. The first-order valence-corrected chi connectivity index (χ1v) is 6.90. The van der Waals surface area contributed by atoms with E-state index in [9.17, 15) is 4.39 Å². The summed E-state index contributed by atoms with van der Waals surface area (Å²) in [5.41, 5.74) is 2.32. The van der Waals surface area contributed by atoms with E-state index in [4.69, 9.17) is 0 Å². The lowest BCUT2D eigenvalue weighted by molar-refractivity contribution is 0.427. The molecule has 2 N–H and O–H groups in total. The zero-order valence-corrected chi connectivity index (χ0v) is 11.3. The van der Waals surface area contributed by atoms with Gasteiger partial charge in [-0.05, 0) is 12.8 Å². The first-order chi connectivity index (χ1) is 10.3. The van der Waals surface area contributed by atoms with Crippen LogP contribution in [0.1, 0.15) is 24.6 Å². The van der Waals surface area contributed by atoms with Gasteiger partial charge >= 0.3 is 0 Å². The van der Waals surface area contributed by atoms with Crippen molar-refractivity contribution in [1.29, 1.82) is 0 Å². The topological polar surface area (TPSA) is 84.3 Å². The van der Waals surface area contributed by atoms with E-state index >= 15 is 0 Å². The van der Waals surface area contributed by atoms with Crippen LogP contribution in [0.3, 0.4) is 0 Å². The zero-order valence-electron chi connectivity index (χ0n) is 11.3. The van der Waals surface area contributed by atoms with Crippen LogP contribution in [0, 0.1) is 0 Å². The molecule has 1 aliphatic carbocycles. The summed E-state index contributed by atoms with van der Waals surface area (Å²) >= 11 is 0. The van der Waals surface area contributed by atoms with E-state index < -0.39 is 6.67 Å². The van der Waals surface area contributed by atoms with E-state index in [0.717, 1.165) is 35.4 Å². The number of halogens is 1. The third-order valence-electron chi connectivity index (χ3n) is 3.47. The van der Waals surface area contributed by atoms with Crippen molar-refractivity contribution in [3.05, 3.63) is 24.4 Å². The maximum absolute atomic E-state index is 12.3. The number of aromatic nitrogens is 6. The Labute approximate surface area is 119 Å². The number of hydrogen-bond acceptors (Lipinski definition) is 5. The Bertz CT molecular complexity index is 774. The Morgan fingerprint density at radius 3 is 3.05 bits per heavy atom. The van der Waals surface area contributed by atoms with Gasteiger partial charge in [0.25, 0.3) is 0 Å². The highest BCUT2D eigenvalue weighted by atomic mass is 19.1. The summed E-state index contributed by atoms with van der Waals surface area (Å²) in [6, 6.07) is 0. The molecule has 8 heteroatoms. The van der Waals surface area contributed by atoms with Crippen molar-refractivity contribution in [2.24, 2.45) is 0 Å². The molecule has 1 saturated carbocycles. The number of aromatic amines is 1. The largest absolute Gasteiger partial charge is 0.336 e. The molecule has 0 saturated heterocycles. The van der Waals surface area contributed by atoms with E-state index in [-0.39, 0.29) is 6.54 Å². The van der Waals surface area contributed by atoms with Gasteiger partial charge < -0.3 is 5.32 Å². The monoisotopic (exact) mass is 287 g/mol. The average Bonchev–Trinajstić information content (AvgIpc) is 3.06. The van der Waals surface area contributed by atoms with E-state index in [0.29, 0.717) is 11.7 Å². The van der Waals surface area contributed by atoms with Gasteiger partial charge in [0.2, 0.25) is 0 Å². The Hall–Kier alpha value is -2.51. The van der Waals surface area contributed by atoms with Crippen molar-refractivity contribution in [1.82, 2.24) is 29.9 Å². The molecule has 0 atom stereocenters. The highest BCUT2D eigenvalue weighted by molar-refractivity contribution is 5.86. The average molecular weight is 287 g/mol. The zero-order chi connectivity index (χ0) is 14.2. The maximum Gasteiger partial charge on any atom is 0.160 e. The van der Waals surface area contributed by atoms with Crippen molar-refractivity contribution in [3.8, 4) is 0 Å². The fraction of sp³-hybridized carbons (Fsp3) is 0.385. The molecule has 3 heterocycles. The fourth-order valence-electron chi connectivity index (χ4n) is 2.25. The molecule has 3 aromatic rings. The van der Waals surface area contributed by atoms with Crippen LogP contribution in [0.4, 0.5) is 15.9 Å². The number of alkyl halides is 1. The summed E-state index contributed by atoms with van der Waals surface area (Å²) in [7, 11) is 0. The van der Waals surface area contributed by atoms with Crippen molar-refractivity contribution in [2.75, 3.05) is 12.0 Å². The quantitative estimate of drug-likeness (QED) is 0.751. The number of aryl methyl sites for hydroxylation is 1. The summed E-state index contributed by atoms with van der Waals surface area (Å²) in [6.45, 7) is -0.191. The first kappa shape index (κ1) is 12.2. The van der Waals surface area contributed by atoms with Crippen LogP contribution in [0.5, 0.6) is 0 Å². The van der Waals surface area contributed by atoms with Crippen molar-refractivity contribution >= 4 is 22.5 Å². The Morgan fingerprint density at radius 2 is 2.24 bits per heavy atom.